The van der Waals surface area contributed by atoms with E-state index in [4.69, 9.17) is 14.2 Å². The van der Waals surface area contributed by atoms with E-state index in [-0.39, 0.29) is 11.9 Å². The van der Waals surface area contributed by atoms with Crippen molar-refractivity contribution in [2.24, 2.45) is 0 Å². The number of morpholine rings is 1. The Labute approximate surface area is 119 Å². The minimum Gasteiger partial charge on any atom is -0.497 e. The number of esters is 1. The summed E-state index contributed by atoms with van der Waals surface area (Å²) in [4.78, 5) is 14.3. The second-order valence-electron chi connectivity index (χ2n) is 4.76. The van der Waals surface area contributed by atoms with E-state index < -0.39 is 0 Å². The van der Waals surface area contributed by atoms with Gasteiger partial charge in [-0.3, -0.25) is 9.69 Å². The first-order chi connectivity index (χ1) is 9.74. The van der Waals surface area contributed by atoms with E-state index in [0.717, 1.165) is 37.6 Å². The highest BCUT2D eigenvalue weighted by Crippen LogP contribution is 2.22. The molecule has 1 aliphatic rings. The topological polar surface area (TPSA) is 48.0 Å². The van der Waals surface area contributed by atoms with Crippen LogP contribution in [0.25, 0.3) is 0 Å². The van der Waals surface area contributed by atoms with Crippen LogP contribution in [0.2, 0.25) is 0 Å². The third-order valence-corrected chi connectivity index (χ3v) is 3.55. The van der Waals surface area contributed by atoms with Crippen molar-refractivity contribution < 1.29 is 19.0 Å². The molecule has 20 heavy (non-hydrogen) atoms. The molecule has 1 aromatic carbocycles. The van der Waals surface area contributed by atoms with Crippen molar-refractivity contribution in [2.45, 2.75) is 5.92 Å². The van der Waals surface area contributed by atoms with Gasteiger partial charge in [-0.2, -0.15) is 0 Å². The van der Waals surface area contributed by atoms with E-state index >= 15 is 0 Å². The third-order valence-electron chi connectivity index (χ3n) is 3.55. The molecule has 2 rings (SSSR count). The predicted octanol–water partition coefficient (Wildman–Crippen LogP) is 1.28. The van der Waals surface area contributed by atoms with Crippen molar-refractivity contribution in [3.8, 4) is 5.75 Å². The number of carbonyl (C=O) groups excluding carboxylic acids is 1. The van der Waals surface area contributed by atoms with Crippen molar-refractivity contribution in [3.63, 3.8) is 0 Å². The summed E-state index contributed by atoms with van der Waals surface area (Å²) in [5.41, 5.74) is 0.948. The summed E-state index contributed by atoms with van der Waals surface area (Å²) in [6.45, 7) is 3.79. The number of hydrogen-bond donors (Lipinski definition) is 0. The SMILES string of the molecule is COC(=O)C(CN1CCOCC1)c1ccc(OC)cc1. The fourth-order valence-corrected chi connectivity index (χ4v) is 2.34. The number of methoxy groups -OCH3 is 2. The number of hydrogen-bond acceptors (Lipinski definition) is 5. The van der Waals surface area contributed by atoms with Gasteiger partial charge in [-0.05, 0) is 17.7 Å². The van der Waals surface area contributed by atoms with Crippen LogP contribution in [0, 0.1) is 0 Å². The van der Waals surface area contributed by atoms with Gasteiger partial charge in [-0.25, -0.2) is 0 Å². The monoisotopic (exact) mass is 279 g/mol. The molecule has 0 N–H and O–H groups in total. The first kappa shape index (κ1) is 14.8. The van der Waals surface area contributed by atoms with Crippen LogP contribution >= 0.6 is 0 Å². The molecule has 5 heteroatoms. The van der Waals surface area contributed by atoms with Gasteiger partial charge < -0.3 is 14.2 Å². The molecule has 0 bridgehead atoms. The quantitative estimate of drug-likeness (QED) is 0.760. The van der Waals surface area contributed by atoms with Crippen LogP contribution in [0.1, 0.15) is 11.5 Å². The summed E-state index contributed by atoms with van der Waals surface area (Å²) in [6.07, 6.45) is 0. The van der Waals surface area contributed by atoms with Crippen LogP contribution in [0.3, 0.4) is 0 Å². The summed E-state index contributed by atoms with van der Waals surface area (Å²) in [5.74, 6) is 0.300. The Hall–Kier alpha value is -1.59. The number of carbonyl (C=O) groups is 1. The van der Waals surface area contributed by atoms with Gasteiger partial charge in [0.15, 0.2) is 0 Å². The smallest absolute Gasteiger partial charge is 0.314 e. The molecule has 1 aromatic rings. The lowest BCUT2D eigenvalue weighted by Gasteiger charge is -2.29. The highest BCUT2D eigenvalue weighted by atomic mass is 16.5. The predicted molar refractivity (Wildman–Crippen MR) is 75.0 cm³/mol. The third kappa shape index (κ3) is 3.71. The minimum atomic E-state index is -0.274. The second-order valence-corrected chi connectivity index (χ2v) is 4.76. The van der Waals surface area contributed by atoms with E-state index in [1.807, 2.05) is 24.3 Å². The van der Waals surface area contributed by atoms with Crippen LogP contribution in [0.15, 0.2) is 24.3 Å². The Bertz CT molecular complexity index is 426. The van der Waals surface area contributed by atoms with Gasteiger partial charge in [0.25, 0.3) is 0 Å². The van der Waals surface area contributed by atoms with E-state index in [9.17, 15) is 4.79 Å². The number of rotatable bonds is 5. The summed E-state index contributed by atoms with van der Waals surface area (Å²) in [7, 11) is 3.05. The molecule has 1 unspecified atom stereocenters. The Morgan fingerprint density at radius 2 is 1.90 bits per heavy atom. The van der Waals surface area contributed by atoms with Gasteiger partial charge >= 0.3 is 5.97 Å². The maximum atomic E-state index is 12.0. The van der Waals surface area contributed by atoms with Gasteiger partial charge in [0.05, 0.1) is 33.4 Å². The number of ether oxygens (including phenoxy) is 3. The molecule has 0 radical (unpaired) electrons. The number of benzene rings is 1. The van der Waals surface area contributed by atoms with Gasteiger partial charge in [-0.15, -0.1) is 0 Å². The molecule has 0 saturated carbocycles. The van der Waals surface area contributed by atoms with Crippen molar-refractivity contribution in [1.29, 1.82) is 0 Å². The van der Waals surface area contributed by atoms with Crippen LogP contribution in [-0.4, -0.2) is 57.9 Å². The molecule has 0 amide bonds. The molecule has 1 fully saturated rings. The molecule has 5 nitrogen and oxygen atoms in total. The molecule has 1 saturated heterocycles. The van der Waals surface area contributed by atoms with E-state index in [0.29, 0.717) is 6.54 Å². The Morgan fingerprint density at radius 1 is 1.25 bits per heavy atom. The van der Waals surface area contributed by atoms with E-state index in [1.165, 1.54) is 7.11 Å². The van der Waals surface area contributed by atoms with Gasteiger partial charge in [0.1, 0.15) is 5.75 Å². The molecule has 1 atom stereocenters. The van der Waals surface area contributed by atoms with Crippen molar-refractivity contribution in [3.05, 3.63) is 29.8 Å². The summed E-state index contributed by atoms with van der Waals surface area (Å²) >= 11 is 0. The molecular formula is C15H21NO4. The highest BCUT2D eigenvalue weighted by Gasteiger charge is 2.25. The van der Waals surface area contributed by atoms with Crippen LogP contribution < -0.4 is 4.74 Å². The Kier molecular flexibility index (Phi) is 5.38. The first-order valence-corrected chi connectivity index (χ1v) is 6.76. The van der Waals surface area contributed by atoms with E-state index in [1.54, 1.807) is 7.11 Å². The normalized spacial score (nSPS) is 17.5. The molecule has 0 aliphatic carbocycles. The van der Waals surface area contributed by atoms with Crippen LogP contribution in [-0.2, 0) is 14.3 Å². The summed E-state index contributed by atoms with van der Waals surface area (Å²) in [5, 5.41) is 0. The zero-order chi connectivity index (χ0) is 14.4. The molecule has 1 heterocycles. The summed E-state index contributed by atoms with van der Waals surface area (Å²) in [6, 6.07) is 7.57. The average molecular weight is 279 g/mol. The Balaban J connectivity index is 2.10. The fourth-order valence-electron chi connectivity index (χ4n) is 2.34. The fraction of sp³-hybridized carbons (Fsp3) is 0.533. The maximum absolute atomic E-state index is 12.0. The van der Waals surface area contributed by atoms with Crippen LogP contribution in [0.4, 0.5) is 0 Å². The molecule has 0 aromatic heterocycles. The lowest BCUT2D eigenvalue weighted by Crippen LogP contribution is -2.40. The second kappa shape index (κ2) is 7.26. The zero-order valence-electron chi connectivity index (χ0n) is 12.0. The molecular weight excluding hydrogens is 258 g/mol. The van der Waals surface area contributed by atoms with Crippen LogP contribution in [0.5, 0.6) is 5.75 Å². The number of nitrogens with zero attached hydrogens (tertiary/aromatic N) is 1. The lowest BCUT2D eigenvalue weighted by atomic mass is 9.98. The van der Waals surface area contributed by atoms with Gasteiger partial charge in [-0.1, -0.05) is 12.1 Å². The standard InChI is InChI=1S/C15H21NO4/c1-18-13-5-3-12(4-6-13)14(15(17)19-2)11-16-7-9-20-10-8-16/h3-6,14H,7-11H2,1-2H3. The zero-order valence-corrected chi connectivity index (χ0v) is 12.0. The van der Waals surface area contributed by atoms with Gasteiger partial charge in [0.2, 0.25) is 0 Å². The Morgan fingerprint density at radius 3 is 2.45 bits per heavy atom. The first-order valence-electron chi connectivity index (χ1n) is 6.76. The maximum Gasteiger partial charge on any atom is 0.314 e. The summed E-state index contributed by atoms with van der Waals surface area (Å²) < 4.78 is 15.4. The molecule has 110 valence electrons. The van der Waals surface area contributed by atoms with E-state index in [2.05, 4.69) is 4.90 Å². The van der Waals surface area contributed by atoms with Gasteiger partial charge in [0, 0.05) is 19.6 Å². The lowest BCUT2D eigenvalue weighted by molar-refractivity contribution is -0.143. The minimum absolute atomic E-state index is 0.207. The largest absolute Gasteiger partial charge is 0.497 e. The average Bonchev–Trinajstić information content (AvgIpc) is 2.53. The van der Waals surface area contributed by atoms with Crippen molar-refractivity contribution >= 4 is 5.97 Å². The highest BCUT2D eigenvalue weighted by molar-refractivity contribution is 5.78. The molecule has 1 aliphatic heterocycles. The van der Waals surface area contributed by atoms with Crippen molar-refractivity contribution in [2.75, 3.05) is 47.1 Å². The molecule has 0 spiro atoms. The van der Waals surface area contributed by atoms with Crippen molar-refractivity contribution in [1.82, 2.24) is 4.90 Å².